The van der Waals surface area contributed by atoms with Crippen LogP contribution in [0.2, 0.25) is 0 Å². The van der Waals surface area contributed by atoms with E-state index in [1.807, 2.05) is 0 Å². The van der Waals surface area contributed by atoms with Crippen molar-refractivity contribution in [1.29, 1.82) is 0 Å². The third-order valence-electron chi connectivity index (χ3n) is 4.51. The first kappa shape index (κ1) is 16.3. The van der Waals surface area contributed by atoms with Crippen LogP contribution in [0.1, 0.15) is 32.6 Å². The van der Waals surface area contributed by atoms with Gasteiger partial charge in [0.1, 0.15) is 5.75 Å². The lowest BCUT2D eigenvalue weighted by molar-refractivity contribution is 0.191. The molecule has 2 unspecified atom stereocenters. The van der Waals surface area contributed by atoms with Crippen LogP contribution in [0.15, 0.2) is 29.2 Å². The fourth-order valence-electron chi connectivity index (χ4n) is 3.01. The molecule has 21 heavy (non-hydrogen) atoms. The second kappa shape index (κ2) is 6.34. The molecule has 0 radical (unpaired) electrons. The lowest BCUT2D eigenvalue weighted by Gasteiger charge is -2.42. The quantitative estimate of drug-likeness (QED) is 0.870. The van der Waals surface area contributed by atoms with Gasteiger partial charge in [0.2, 0.25) is 10.0 Å². The summed E-state index contributed by atoms with van der Waals surface area (Å²) in [5.74, 6) is 0.757. The van der Waals surface area contributed by atoms with Crippen LogP contribution in [0.5, 0.6) is 5.75 Å². The van der Waals surface area contributed by atoms with E-state index in [1.54, 1.807) is 18.2 Å². The first-order chi connectivity index (χ1) is 9.93. The molecule has 1 aromatic rings. The molecule has 0 aliphatic heterocycles. The molecule has 1 aliphatic carbocycles. The highest BCUT2D eigenvalue weighted by atomic mass is 32.2. The highest BCUT2D eigenvalue weighted by Gasteiger charge is 2.40. The van der Waals surface area contributed by atoms with E-state index in [-0.39, 0.29) is 10.8 Å². The highest BCUT2D eigenvalue weighted by molar-refractivity contribution is 7.89. The molecule has 1 aliphatic rings. The zero-order valence-corrected chi connectivity index (χ0v) is 13.4. The zero-order valence-electron chi connectivity index (χ0n) is 12.6. The van der Waals surface area contributed by atoms with Crippen molar-refractivity contribution in [3.8, 4) is 5.75 Å². The monoisotopic (exact) mass is 312 g/mol. The van der Waals surface area contributed by atoms with Crippen molar-refractivity contribution in [3.63, 3.8) is 0 Å². The predicted molar refractivity (Wildman–Crippen MR) is 82.7 cm³/mol. The topological polar surface area (TPSA) is 81.4 Å². The Hall–Kier alpha value is -1.11. The molecule has 6 heteroatoms. The first-order valence-corrected chi connectivity index (χ1v) is 8.80. The van der Waals surface area contributed by atoms with Crippen LogP contribution < -0.4 is 15.2 Å². The molecule has 0 heterocycles. The second-order valence-corrected chi connectivity index (χ2v) is 7.47. The molecular formula is C15H24N2O3S. The molecule has 2 atom stereocenters. The summed E-state index contributed by atoms with van der Waals surface area (Å²) in [5.41, 5.74) is 5.38. The van der Waals surface area contributed by atoms with Gasteiger partial charge in [-0.25, -0.2) is 13.1 Å². The van der Waals surface area contributed by atoms with E-state index in [4.69, 9.17) is 10.5 Å². The van der Waals surface area contributed by atoms with Gasteiger partial charge in [-0.05, 0) is 30.9 Å². The minimum absolute atomic E-state index is 0.215. The van der Waals surface area contributed by atoms with Crippen molar-refractivity contribution in [2.75, 3.05) is 13.7 Å². The fourth-order valence-corrected chi connectivity index (χ4v) is 4.57. The van der Waals surface area contributed by atoms with Crippen LogP contribution in [0, 0.1) is 5.92 Å². The number of hydrogen-bond donors (Lipinski definition) is 2. The van der Waals surface area contributed by atoms with Gasteiger partial charge in [0.25, 0.3) is 0 Å². The van der Waals surface area contributed by atoms with Gasteiger partial charge in [-0.1, -0.05) is 25.8 Å². The molecule has 0 bridgehead atoms. The number of nitrogens with one attached hydrogen (secondary N) is 1. The summed E-state index contributed by atoms with van der Waals surface area (Å²) >= 11 is 0. The van der Waals surface area contributed by atoms with E-state index in [0.29, 0.717) is 12.3 Å². The fraction of sp³-hybridized carbons (Fsp3) is 0.600. The van der Waals surface area contributed by atoms with Gasteiger partial charge in [-0.3, -0.25) is 0 Å². The average molecular weight is 312 g/mol. The highest BCUT2D eigenvalue weighted by Crippen LogP contribution is 2.34. The van der Waals surface area contributed by atoms with Crippen molar-refractivity contribution in [2.45, 2.75) is 43.0 Å². The van der Waals surface area contributed by atoms with Gasteiger partial charge in [-0.2, -0.15) is 0 Å². The van der Waals surface area contributed by atoms with Crippen molar-refractivity contribution < 1.29 is 13.2 Å². The average Bonchev–Trinajstić information content (AvgIpc) is 2.49. The number of nitrogens with two attached hydrogens (primary N) is 1. The standard InChI is InChI=1S/C15H24N2O3S/c1-12-6-3-4-9-15(12,11-16)17-21(18,19)14-8-5-7-13(10-14)20-2/h5,7-8,10,12,17H,3-4,6,9,11,16H2,1-2H3. The number of hydrogen-bond acceptors (Lipinski definition) is 4. The summed E-state index contributed by atoms with van der Waals surface area (Å²) in [5, 5.41) is 0. The van der Waals surface area contributed by atoms with E-state index in [0.717, 1.165) is 25.7 Å². The maximum atomic E-state index is 12.7. The smallest absolute Gasteiger partial charge is 0.241 e. The molecule has 1 saturated carbocycles. The molecule has 0 aromatic heterocycles. The summed E-state index contributed by atoms with van der Waals surface area (Å²) in [7, 11) is -2.09. The van der Waals surface area contributed by atoms with Gasteiger partial charge in [0.15, 0.2) is 0 Å². The summed E-state index contributed by atoms with van der Waals surface area (Å²) in [6, 6.07) is 6.50. The Kier molecular flexibility index (Phi) is 4.91. The Morgan fingerprint density at radius 2 is 2.19 bits per heavy atom. The van der Waals surface area contributed by atoms with Crippen LogP contribution in [0.3, 0.4) is 0 Å². The van der Waals surface area contributed by atoms with Crippen molar-refractivity contribution in [3.05, 3.63) is 24.3 Å². The van der Waals surface area contributed by atoms with E-state index in [9.17, 15) is 8.42 Å². The molecular weight excluding hydrogens is 288 g/mol. The molecule has 5 nitrogen and oxygen atoms in total. The Balaban J connectivity index is 2.30. The zero-order chi connectivity index (χ0) is 15.5. The molecule has 0 amide bonds. The number of ether oxygens (including phenoxy) is 1. The van der Waals surface area contributed by atoms with Gasteiger partial charge >= 0.3 is 0 Å². The lowest BCUT2D eigenvalue weighted by atomic mass is 9.74. The normalized spacial score (nSPS) is 26.5. The number of sulfonamides is 1. The first-order valence-electron chi connectivity index (χ1n) is 7.31. The van der Waals surface area contributed by atoms with Gasteiger partial charge < -0.3 is 10.5 Å². The lowest BCUT2D eigenvalue weighted by Crippen LogP contribution is -2.58. The summed E-state index contributed by atoms with van der Waals surface area (Å²) < 4.78 is 33.3. The predicted octanol–water partition coefficient (Wildman–Crippen LogP) is 1.88. The Morgan fingerprint density at radius 1 is 1.43 bits per heavy atom. The van der Waals surface area contributed by atoms with E-state index in [1.165, 1.54) is 13.2 Å². The molecule has 0 spiro atoms. The second-order valence-electron chi connectivity index (χ2n) is 5.79. The summed E-state index contributed by atoms with van der Waals surface area (Å²) in [6.07, 6.45) is 3.91. The summed E-state index contributed by atoms with van der Waals surface area (Å²) in [4.78, 5) is 0.215. The summed E-state index contributed by atoms with van der Waals surface area (Å²) in [6.45, 7) is 2.39. The van der Waals surface area contributed by atoms with Crippen molar-refractivity contribution in [1.82, 2.24) is 4.72 Å². The molecule has 3 N–H and O–H groups in total. The minimum atomic E-state index is -3.61. The third kappa shape index (κ3) is 3.39. The number of rotatable bonds is 5. The maximum absolute atomic E-state index is 12.7. The molecule has 0 saturated heterocycles. The van der Waals surface area contributed by atoms with Crippen molar-refractivity contribution in [2.24, 2.45) is 11.7 Å². The molecule has 2 rings (SSSR count). The largest absolute Gasteiger partial charge is 0.497 e. The SMILES string of the molecule is COc1cccc(S(=O)(=O)NC2(CN)CCCCC2C)c1. The van der Waals surface area contributed by atoms with E-state index in [2.05, 4.69) is 11.6 Å². The van der Waals surface area contributed by atoms with Crippen LogP contribution in [-0.4, -0.2) is 27.6 Å². The Bertz CT molecular complexity index is 588. The Labute approximate surface area is 126 Å². The maximum Gasteiger partial charge on any atom is 0.241 e. The minimum Gasteiger partial charge on any atom is -0.497 e. The van der Waals surface area contributed by atoms with Crippen molar-refractivity contribution >= 4 is 10.0 Å². The molecule has 1 fully saturated rings. The van der Waals surface area contributed by atoms with Gasteiger partial charge in [-0.15, -0.1) is 0 Å². The third-order valence-corrected chi connectivity index (χ3v) is 6.06. The van der Waals surface area contributed by atoms with Gasteiger partial charge in [0, 0.05) is 18.2 Å². The van der Waals surface area contributed by atoms with Crippen LogP contribution in [-0.2, 0) is 10.0 Å². The molecule has 118 valence electrons. The molecule has 1 aromatic carbocycles. The van der Waals surface area contributed by atoms with Crippen LogP contribution >= 0.6 is 0 Å². The number of benzene rings is 1. The van der Waals surface area contributed by atoms with Crippen LogP contribution in [0.4, 0.5) is 0 Å². The van der Waals surface area contributed by atoms with E-state index >= 15 is 0 Å². The van der Waals surface area contributed by atoms with Gasteiger partial charge in [0.05, 0.1) is 12.0 Å². The Morgan fingerprint density at radius 3 is 2.81 bits per heavy atom. The van der Waals surface area contributed by atoms with E-state index < -0.39 is 15.6 Å². The number of methoxy groups -OCH3 is 1. The van der Waals surface area contributed by atoms with Crippen LogP contribution in [0.25, 0.3) is 0 Å².